The Kier molecular flexibility index (Phi) is 4.32. The van der Waals surface area contributed by atoms with Gasteiger partial charge in [0.05, 0.1) is 11.1 Å². The highest BCUT2D eigenvalue weighted by Gasteiger charge is 2.22. The van der Waals surface area contributed by atoms with Gasteiger partial charge in [-0.2, -0.15) is 5.10 Å². The first-order valence-electron chi connectivity index (χ1n) is 8.86. The maximum absolute atomic E-state index is 12.9. The van der Waals surface area contributed by atoms with Crippen molar-refractivity contribution < 1.29 is 4.79 Å². The lowest BCUT2D eigenvalue weighted by Gasteiger charge is -2.15. The largest absolute Gasteiger partial charge is 0.296 e. The molecule has 1 aliphatic carbocycles. The fourth-order valence-electron chi connectivity index (χ4n) is 3.37. The van der Waals surface area contributed by atoms with Crippen LogP contribution in [-0.4, -0.2) is 20.7 Å². The predicted molar refractivity (Wildman–Crippen MR) is 103 cm³/mol. The van der Waals surface area contributed by atoms with Crippen LogP contribution in [0.4, 0.5) is 5.13 Å². The van der Waals surface area contributed by atoms with Gasteiger partial charge in [0.2, 0.25) is 0 Å². The van der Waals surface area contributed by atoms with Gasteiger partial charge in [0.1, 0.15) is 0 Å². The van der Waals surface area contributed by atoms with Crippen molar-refractivity contribution in [2.24, 2.45) is 5.92 Å². The lowest BCUT2D eigenvalue weighted by Crippen LogP contribution is -2.27. The third-order valence-electron chi connectivity index (χ3n) is 4.79. The molecule has 1 N–H and O–H groups in total. The van der Waals surface area contributed by atoms with Gasteiger partial charge in [-0.3, -0.25) is 14.9 Å². The van der Waals surface area contributed by atoms with E-state index in [1.165, 1.54) is 9.56 Å². The summed E-state index contributed by atoms with van der Waals surface area (Å²) < 4.78 is 1.33. The Morgan fingerprint density at radius 1 is 1.35 bits per heavy atom. The standard InChI is InChI=1S/C19H20N4O2S/c1-3-23-18(25)13-7-5-4-6-12(13)16(22-23)17(24)21-19-20-14-9-8-11(2)10-15(14)26-19/h4-7,11H,3,8-10H2,1-2H3,(H,20,21,24). The van der Waals surface area contributed by atoms with Gasteiger partial charge in [-0.15, -0.1) is 11.3 Å². The van der Waals surface area contributed by atoms with Gasteiger partial charge in [0.25, 0.3) is 11.5 Å². The number of fused-ring (bicyclic) bond motifs is 2. The van der Waals surface area contributed by atoms with Gasteiger partial charge in [0, 0.05) is 16.8 Å². The zero-order valence-corrected chi connectivity index (χ0v) is 15.6. The second kappa shape index (κ2) is 6.64. The molecule has 0 radical (unpaired) electrons. The Morgan fingerprint density at radius 2 is 2.12 bits per heavy atom. The second-order valence-electron chi connectivity index (χ2n) is 6.71. The van der Waals surface area contributed by atoms with E-state index in [1.807, 2.05) is 6.92 Å². The fraction of sp³-hybridized carbons (Fsp3) is 0.368. The lowest BCUT2D eigenvalue weighted by molar-refractivity contribution is 0.102. The Balaban J connectivity index is 1.71. The van der Waals surface area contributed by atoms with Gasteiger partial charge in [-0.1, -0.05) is 25.1 Å². The number of nitrogens with zero attached hydrogens (tertiary/aromatic N) is 3. The third-order valence-corrected chi connectivity index (χ3v) is 5.82. The van der Waals surface area contributed by atoms with E-state index in [2.05, 4.69) is 22.3 Å². The topological polar surface area (TPSA) is 76.9 Å². The second-order valence-corrected chi connectivity index (χ2v) is 7.79. The number of carbonyl (C=O) groups excluding carboxylic acids is 1. The molecule has 0 aliphatic heterocycles. The molecular weight excluding hydrogens is 348 g/mol. The SMILES string of the molecule is CCn1nc(C(=O)Nc2nc3c(s2)CC(C)CC3)c2ccccc2c1=O. The first-order valence-corrected chi connectivity index (χ1v) is 9.68. The van der Waals surface area contributed by atoms with Crippen LogP contribution in [0, 0.1) is 5.92 Å². The maximum atomic E-state index is 12.9. The van der Waals surface area contributed by atoms with Crippen molar-refractivity contribution in [2.45, 2.75) is 39.7 Å². The van der Waals surface area contributed by atoms with Crippen LogP contribution in [0.25, 0.3) is 10.8 Å². The maximum Gasteiger partial charge on any atom is 0.278 e. The van der Waals surface area contributed by atoms with Gasteiger partial charge in [0.15, 0.2) is 10.8 Å². The van der Waals surface area contributed by atoms with E-state index < -0.39 is 0 Å². The molecule has 0 saturated carbocycles. The number of anilines is 1. The van der Waals surface area contributed by atoms with Crippen molar-refractivity contribution in [1.82, 2.24) is 14.8 Å². The van der Waals surface area contributed by atoms with E-state index in [-0.39, 0.29) is 17.2 Å². The summed E-state index contributed by atoms with van der Waals surface area (Å²) in [6, 6.07) is 7.08. The average molecular weight is 368 g/mol. The number of hydrogen-bond donors (Lipinski definition) is 1. The first-order chi connectivity index (χ1) is 12.6. The number of amides is 1. The molecule has 1 atom stereocenters. The van der Waals surface area contributed by atoms with E-state index >= 15 is 0 Å². The quantitative estimate of drug-likeness (QED) is 0.770. The summed E-state index contributed by atoms with van der Waals surface area (Å²) in [5.41, 5.74) is 1.17. The van der Waals surface area contributed by atoms with Crippen LogP contribution in [-0.2, 0) is 19.4 Å². The molecule has 2 aromatic heterocycles. The van der Waals surface area contributed by atoms with Gasteiger partial charge in [-0.05, 0) is 38.2 Å². The highest BCUT2D eigenvalue weighted by Crippen LogP contribution is 2.32. The average Bonchev–Trinajstić information content (AvgIpc) is 3.03. The molecule has 6 nitrogen and oxygen atoms in total. The molecule has 1 aromatic carbocycles. The molecule has 1 unspecified atom stereocenters. The van der Waals surface area contributed by atoms with Crippen molar-refractivity contribution >= 4 is 33.1 Å². The van der Waals surface area contributed by atoms with Crippen LogP contribution < -0.4 is 10.9 Å². The van der Waals surface area contributed by atoms with Gasteiger partial charge >= 0.3 is 0 Å². The summed E-state index contributed by atoms with van der Waals surface area (Å²) >= 11 is 1.54. The number of rotatable bonds is 3. The lowest BCUT2D eigenvalue weighted by atomic mass is 9.93. The summed E-state index contributed by atoms with van der Waals surface area (Å²) in [6.45, 7) is 4.49. The molecule has 7 heteroatoms. The molecule has 1 aliphatic rings. The Hall–Kier alpha value is -2.54. The molecule has 0 bridgehead atoms. The third kappa shape index (κ3) is 2.92. The zero-order chi connectivity index (χ0) is 18.3. The summed E-state index contributed by atoms with van der Waals surface area (Å²) in [5, 5.41) is 8.83. The highest BCUT2D eigenvalue weighted by atomic mass is 32.1. The minimum atomic E-state index is -0.331. The molecule has 0 fully saturated rings. The number of aromatic nitrogens is 3. The van der Waals surface area contributed by atoms with Gasteiger partial charge < -0.3 is 0 Å². The van der Waals surface area contributed by atoms with Crippen LogP contribution in [0.3, 0.4) is 0 Å². The number of benzene rings is 1. The first kappa shape index (κ1) is 16.9. The van der Waals surface area contributed by atoms with Crippen molar-refractivity contribution in [1.29, 1.82) is 0 Å². The monoisotopic (exact) mass is 368 g/mol. The van der Waals surface area contributed by atoms with Crippen molar-refractivity contribution in [3.8, 4) is 0 Å². The number of hydrogen-bond acceptors (Lipinski definition) is 5. The summed E-state index contributed by atoms with van der Waals surface area (Å²) in [6.07, 6.45) is 3.12. The Labute approximate surface area is 154 Å². The zero-order valence-electron chi connectivity index (χ0n) is 14.8. The number of thiazole rings is 1. The molecule has 4 rings (SSSR count). The summed E-state index contributed by atoms with van der Waals surface area (Å²) in [4.78, 5) is 31.1. The van der Waals surface area contributed by atoms with E-state index in [9.17, 15) is 9.59 Å². The van der Waals surface area contributed by atoms with Crippen molar-refractivity contribution in [2.75, 3.05) is 5.32 Å². The predicted octanol–water partition coefficient (Wildman–Crippen LogP) is 3.25. The molecule has 3 aromatic rings. The van der Waals surface area contributed by atoms with E-state index in [1.54, 1.807) is 35.6 Å². The van der Waals surface area contributed by atoms with Crippen molar-refractivity contribution in [3.05, 3.63) is 50.9 Å². The van der Waals surface area contributed by atoms with E-state index in [0.29, 0.717) is 28.4 Å². The number of aryl methyl sites for hydroxylation is 2. The molecule has 2 heterocycles. The summed E-state index contributed by atoms with van der Waals surface area (Å²) in [7, 11) is 0. The normalized spacial score (nSPS) is 16.5. The van der Waals surface area contributed by atoms with E-state index in [0.717, 1.165) is 25.0 Å². The van der Waals surface area contributed by atoms with Crippen molar-refractivity contribution in [3.63, 3.8) is 0 Å². The fourth-order valence-corrected chi connectivity index (χ4v) is 4.53. The van der Waals surface area contributed by atoms with E-state index in [4.69, 9.17) is 0 Å². The van der Waals surface area contributed by atoms with Crippen LogP contribution in [0.2, 0.25) is 0 Å². The van der Waals surface area contributed by atoms with Crippen LogP contribution >= 0.6 is 11.3 Å². The smallest absolute Gasteiger partial charge is 0.278 e. The highest BCUT2D eigenvalue weighted by molar-refractivity contribution is 7.15. The molecule has 134 valence electrons. The number of carbonyl (C=O) groups is 1. The minimum absolute atomic E-state index is 0.182. The Morgan fingerprint density at radius 3 is 2.88 bits per heavy atom. The Bertz CT molecular complexity index is 1050. The van der Waals surface area contributed by atoms with Gasteiger partial charge in [-0.25, -0.2) is 9.67 Å². The minimum Gasteiger partial charge on any atom is -0.296 e. The molecule has 0 saturated heterocycles. The van der Waals surface area contributed by atoms with Crippen LogP contribution in [0.5, 0.6) is 0 Å². The number of nitrogens with one attached hydrogen (secondary N) is 1. The van der Waals surface area contributed by atoms with Crippen LogP contribution in [0.15, 0.2) is 29.1 Å². The molecular formula is C19H20N4O2S. The molecule has 1 amide bonds. The molecule has 0 spiro atoms. The van der Waals surface area contributed by atoms with Crippen LogP contribution in [0.1, 0.15) is 41.3 Å². The summed E-state index contributed by atoms with van der Waals surface area (Å²) in [5.74, 6) is 0.327. The molecule has 26 heavy (non-hydrogen) atoms.